The number of hydrogen-bond acceptors (Lipinski definition) is 6. The smallest absolute Gasteiger partial charge is 0.323 e. The molecular weight excluding hydrogens is 426 g/mol. The van der Waals surface area contributed by atoms with E-state index < -0.39 is 6.10 Å². The minimum Gasteiger partial charge on any atom is -0.497 e. The Hall–Kier alpha value is -3.30. The van der Waals surface area contributed by atoms with Crippen molar-refractivity contribution in [1.82, 2.24) is 4.90 Å². The molecule has 2 heterocycles. The number of aliphatic hydroxyl groups is 1. The van der Waals surface area contributed by atoms with Crippen molar-refractivity contribution >= 4 is 23.3 Å². The molecule has 0 saturated carbocycles. The van der Waals surface area contributed by atoms with Crippen LogP contribution in [0.25, 0.3) is 0 Å². The minimum absolute atomic E-state index is 0.0279. The number of rotatable bonds is 6. The van der Waals surface area contributed by atoms with Gasteiger partial charge in [0.1, 0.15) is 23.7 Å². The van der Waals surface area contributed by atoms with Crippen LogP contribution in [-0.4, -0.2) is 68.1 Å². The molecule has 1 saturated heterocycles. The quantitative estimate of drug-likeness (QED) is 0.618. The first-order chi connectivity index (χ1) is 15.9. The van der Waals surface area contributed by atoms with Crippen molar-refractivity contribution in [2.75, 3.05) is 38.4 Å². The first-order valence-electron chi connectivity index (χ1n) is 10.9. The summed E-state index contributed by atoms with van der Waals surface area (Å²) in [4.78, 5) is 26.2. The van der Waals surface area contributed by atoms with Gasteiger partial charge in [0.25, 0.3) is 0 Å². The summed E-state index contributed by atoms with van der Waals surface area (Å²) in [5, 5.41) is 15.5. The van der Waals surface area contributed by atoms with E-state index in [1.54, 1.807) is 51.5 Å². The Morgan fingerprint density at radius 3 is 2.48 bits per heavy atom. The highest BCUT2D eigenvalue weighted by molar-refractivity contribution is 5.99. The molecule has 0 unspecified atom stereocenters. The summed E-state index contributed by atoms with van der Waals surface area (Å²) in [5.41, 5.74) is 2.20. The zero-order valence-corrected chi connectivity index (χ0v) is 18.9. The number of methoxy groups -OCH3 is 1. The van der Waals surface area contributed by atoms with Gasteiger partial charge in [-0.2, -0.15) is 0 Å². The number of carbonyl (C=O) groups is 2. The molecule has 2 aliphatic heterocycles. The summed E-state index contributed by atoms with van der Waals surface area (Å²) in [7, 11) is 5.00. The van der Waals surface area contributed by atoms with Crippen LogP contribution in [-0.2, 0) is 9.53 Å². The Bertz CT molecular complexity index is 1010. The molecule has 33 heavy (non-hydrogen) atoms. The maximum absolute atomic E-state index is 12.5. The number of urea groups is 1. The number of nitrogens with one attached hydrogen (secondary N) is 2. The van der Waals surface area contributed by atoms with E-state index in [1.807, 2.05) is 12.1 Å². The highest BCUT2D eigenvalue weighted by atomic mass is 16.6. The third-order valence-electron chi connectivity index (χ3n) is 6.01. The molecule has 3 amide bonds. The number of ether oxygens (including phenoxy) is 3. The molecule has 0 aliphatic carbocycles. The summed E-state index contributed by atoms with van der Waals surface area (Å²) in [6, 6.07) is 12.1. The molecule has 0 spiro atoms. The van der Waals surface area contributed by atoms with Crippen LogP contribution in [0.5, 0.6) is 11.5 Å². The second-order valence-electron chi connectivity index (χ2n) is 8.46. The van der Waals surface area contributed by atoms with E-state index in [4.69, 9.17) is 14.2 Å². The molecule has 9 heteroatoms. The molecule has 0 bridgehead atoms. The molecule has 2 aromatic rings. The van der Waals surface area contributed by atoms with E-state index in [-0.39, 0.29) is 43.1 Å². The summed E-state index contributed by atoms with van der Waals surface area (Å²) in [5.74, 6) is 1.34. The summed E-state index contributed by atoms with van der Waals surface area (Å²) in [6.07, 6.45) is -0.340. The van der Waals surface area contributed by atoms with Crippen molar-refractivity contribution in [3.05, 3.63) is 48.0 Å². The average Bonchev–Trinajstić information content (AvgIpc) is 3.17. The zero-order valence-electron chi connectivity index (χ0n) is 18.9. The Balaban J connectivity index is 1.46. The van der Waals surface area contributed by atoms with Crippen molar-refractivity contribution in [2.24, 2.45) is 0 Å². The first-order valence-corrected chi connectivity index (χ1v) is 10.9. The van der Waals surface area contributed by atoms with Gasteiger partial charge in [-0.3, -0.25) is 4.79 Å². The van der Waals surface area contributed by atoms with E-state index in [1.165, 1.54) is 4.90 Å². The highest BCUT2D eigenvalue weighted by Gasteiger charge is 2.46. The summed E-state index contributed by atoms with van der Waals surface area (Å²) < 4.78 is 17.2. The van der Waals surface area contributed by atoms with Crippen molar-refractivity contribution in [3.8, 4) is 11.5 Å². The highest BCUT2D eigenvalue weighted by Crippen LogP contribution is 2.47. The van der Waals surface area contributed by atoms with Gasteiger partial charge in [-0.05, 0) is 48.9 Å². The number of fused-ring (bicyclic) bond motifs is 3. The predicted molar refractivity (Wildman–Crippen MR) is 123 cm³/mol. The first kappa shape index (κ1) is 22.9. The Morgan fingerprint density at radius 1 is 1.12 bits per heavy atom. The van der Waals surface area contributed by atoms with E-state index in [0.717, 1.165) is 5.56 Å². The van der Waals surface area contributed by atoms with E-state index in [2.05, 4.69) is 10.6 Å². The van der Waals surface area contributed by atoms with E-state index >= 15 is 0 Å². The van der Waals surface area contributed by atoms with Gasteiger partial charge in [0, 0.05) is 37.0 Å². The molecular formula is C24H29N3O6. The molecule has 0 aromatic heterocycles. The molecule has 2 aliphatic rings. The van der Waals surface area contributed by atoms with Crippen LogP contribution in [0.3, 0.4) is 0 Å². The molecule has 9 nitrogen and oxygen atoms in total. The normalized spacial score (nSPS) is 23.0. The predicted octanol–water partition coefficient (Wildman–Crippen LogP) is 2.81. The third-order valence-corrected chi connectivity index (χ3v) is 6.01. The van der Waals surface area contributed by atoms with E-state index in [0.29, 0.717) is 29.3 Å². The fourth-order valence-corrected chi connectivity index (χ4v) is 4.31. The second kappa shape index (κ2) is 9.68. The third kappa shape index (κ3) is 5.04. The maximum Gasteiger partial charge on any atom is 0.323 e. The number of carbonyl (C=O) groups excluding carboxylic acids is 2. The van der Waals surface area contributed by atoms with Crippen LogP contribution < -0.4 is 20.1 Å². The molecule has 0 radical (unpaired) electrons. The van der Waals surface area contributed by atoms with Gasteiger partial charge in [0.05, 0.1) is 26.2 Å². The standard InChI is InChI=1S/C24H29N3O6/c1-27(2)22(29)12-17-11-19-18-10-15(6-9-20(18)33-23(19)21(13-28)32-17)26-24(30)25-14-4-7-16(31-3)8-5-14/h4-10,17,19,21,23,28H,11-13H2,1-3H3,(H2,25,26,30)/t17-,19-,21+,23+/m1/s1. The lowest BCUT2D eigenvalue weighted by Gasteiger charge is -2.37. The van der Waals surface area contributed by atoms with Crippen molar-refractivity contribution in [2.45, 2.75) is 37.1 Å². The van der Waals surface area contributed by atoms with Gasteiger partial charge in [0.15, 0.2) is 0 Å². The van der Waals surface area contributed by atoms with Gasteiger partial charge < -0.3 is 34.9 Å². The van der Waals surface area contributed by atoms with Crippen LogP contribution in [0.2, 0.25) is 0 Å². The number of benzene rings is 2. The zero-order chi connectivity index (χ0) is 23.5. The van der Waals surface area contributed by atoms with Gasteiger partial charge in [-0.15, -0.1) is 0 Å². The fraction of sp³-hybridized carbons (Fsp3) is 0.417. The lowest BCUT2D eigenvalue weighted by atomic mass is 9.84. The monoisotopic (exact) mass is 455 g/mol. The van der Waals surface area contributed by atoms with Crippen molar-refractivity contribution in [3.63, 3.8) is 0 Å². The largest absolute Gasteiger partial charge is 0.497 e. The van der Waals surface area contributed by atoms with Crippen LogP contribution in [0.15, 0.2) is 42.5 Å². The molecule has 3 N–H and O–H groups in total. The molecule has 1 fully saturated rings. The average molecular weight is 456 g/mol. The van der Waals surface area contributed by atoms with Gasteiger partial charge >= 0.3 is 6.03 Å². The SMILES string of the molecule is COc1ccc(NC(=O)Nc2ccc3c(c2)[C@H]2C[C@H](CC(=O)N(C)C)O[C@@H](CO)[C@H]2O3)cc1. The van der Waals surface area contributed by atoms with Crippen molar-refractivity contribution in [1.29, 1.82) is 0 Å². The van der Waals surface area contributed by atoms with E-state index in [9.17, 15) is 14.7 Å². The molecule has 2 aromatic carbocycles. The van der Waals surface area contributed by atoms with Crippen LogP contribution in [0.1, 0.15) is 24.3 Å². The maximum atomic E-state index is 12.5. The number of hydrogen-bond donors (Lipinski definition) is 3. The summed E-state index contributed by atoms with van der Waals surface area (Å²) in [6.45, 7) is -0.197. The molecule has 176 valence electrons. The molecule has 4 atom stereocenters. The Kier molecular flexibility index (Phi) is 6.71. The number of aliphatic hydroxyl groups excluding tert-OH is 1. The number of nitrogens with zero attached hydrogens (tertiary/aromatic N) is 1. The van der Waals surface area contributed by atoms with Crippen molar-refractivity contribution < 1.29 is 28.9 Å². The summed E-state index contributed by atoms with van der Waals surface area (Å²) >= 11 is 0. The fourth-order valence-electron chi connectivity index (χ4n) is 4.31. The second-order valence-corrected chi connectivity index (χ2v) is 8.46. The van der Waals surface area contributed by atoms with Gasteiger partial charge in [-0.25, -0.2) is 4.79 Å². The van der Waals surface area contributed by atoms with Gasteiger partial charge in [0.2, 0.25) is 5.91 Å². The lowest BCUT2D eigenvalue weighted by molar-refractivity contribution is -0.147. The Labute approximate surface area is 192 Å². The molecule has 4 rings (SSSR count). The van der Waals surface area contributed by atoms with Gasteiger partial charge in [-0.1, -0.05) is 0 Å². The number of amides is 3. The number of anilines is 2. The van der Waals surface area contributed by atoms with Crippen LogP contribution in [0, 0.1) is 0 Å². The van der Waals surface area contributed by atoms with Crippen LogP contribution in [0.4, 0.5) is 16.2 Å². The Morgan fingerprint density at radius 2 is 1.82 bits per heavy atom. The lowest BCUT2D eigenvalue weighted by Crippen LogP contribution is -2.47. The van der Waals surface area contributed by atoms with Crippen LogP contribution >= 0.6 is 0 Å². The topological polar surface area (TPSA) is 109 Å². The minimum atomic E-state index is -0.522.